The fourth-order valence-corrected chi connectivity index (χ4v) is 1.83. The zero-order valence-electron chi connectivity index (χ0n) is 5.52. The molecule has 12 heavy (non-hydrogen) atoms. The van der Waals surface area contributed by atoms with Crippen molar-refractivity contribution in [3.63, 3.8) is 0 Å². The van der Waals surface area contributed by atoms with Crippen LogP contribution in [0.25, 0.3) is 0 Å². The van der Waals surface area contributed by atoms with E-state index in [0.29, 0.717) is 0 Å². The van der Waals surface area contributed by atoms with E-state index in [1.54, 1.807) is 0 Å². The van der Waals surface area contributed by atoms with Crippen LogP contribution in [0.4, 0.5) is 0 Å². The lowest BCUT2D eigenvalue weighted by Gasteiger charge is -2.13. The summed E-state index contributed by atoms with van der Waals surface area (Å²) < 4.78 is 14.1. The molecule has 0 saturated heterocycles. The molecule has 0 aromatic rings. The number of rotatable bonds is 5. The third-order valence-corrected chi connectivity index (χ3v) is 3.46. The molecule has 0 aliphatic heterocycles. The molecule has 0 aromatic carbocycles. The highest BCUT2D eigenvalue weighted by molar-refractivity contribution is 9.11. The van der Waals surface area contributed by atoms with Crippen molar-refractivity contribution in [2.45, 2.75) is 0 Å². The van der Waals surface area contributed by atoms with Crippen LogP contribution in [0.2, 0.25) is 0 Å². The first-order valence-corrected chi connectivity index (χ1v) is 7.16. The summed E-state index contributed by atoms with van der Waals surface area (Å²) in [5.41, 5.74) is 0. The van der Waals surface area contributed by atoms with Gasteiger partial charge in [-0.3, -0.25) is 0 Å². The van der Waals surface area contributed by atoms with E-state index in [2.05, 4.69) is 35.9 Å². The molecule has 0 heterocycles. The Labute approximate surface area is 97.4 Å². The first-order chi connectivity index (χ1) is 5.68. The molecule has 0 atom stereocenters. The Bertz CT molecular complexity index is 204. The van der Waals surface area contributed by atoms with Crippen molar-refractivity contribution in [3.05, 3.63) is 22.5 Å². The molecular weight excluding hydrogens is 354 g/mol. The summed E-state index contributed by atoms with van der Waals surface area (Å²) in [6.07, 6.45) is 2.57. The molecule has 0 radical (unpaired) electrons. The molecular formula is C4H4Br2ClO3PS. The molecule has 0 bridgehead atoms. The largest absolute Gasteiger partial charge is 0.450 e. The first-order valence-electron chi connectivity index (χ1n) is 2.46. The molecule has 8 heteroatoms. The van der Waals surface area contributed by atoms with Crippen LogP contribution < -0.4 is 0 Å². The van der Waals surface area contributed by atoms with Gasteiger partial charge in [-0.1, -0.05) is 31.9 Å². The van der Waals surface area contributed by atoms with Gasteiger partial charge in [-0.05, 0) is 0 Å². The number of hydrogen-bond donors (Lipinski definition) is 0. The summed E-state index contributed by atoms with van der Waals surface area (Å²) in [7, 11) is 0. The third-order valence-electron chi connectivity index (χ3n) is 0.567. The highest BCUT2D eigenvalue weighted by Gasteiger charge is 2.19. The van der Waals surface area contributed by atoms with Gasteiger partial charge in [0, 0.05) is 21.8 Å². The minimum absolute atomic E-state index is 1.28. The van der Waals surface area contributed by atoms with E-state index in [1.807, 2.05) is 0 Å². The molecule has 0 fully saturated rings. The minimum atomic E-state index is -2.87. The third kappa shape index (κ3) is 5.56. The van der Waals surface area contributed by atoms with Crippen molar-refractivity contribution >= 4 is 62.3 Å². The van der Waals surface area contributed by atoms with Gasteiger partial charge in [0.15, 0.2) is 0 Å². The second kappa shape index (κ2) is 7.35. The summed E-state index contributed by atoms with van der Waals surface area (Å²) in [4.78, 5) is 2.93. The van der Waals surface area contributed by atoms with Crippen LogP contribution in [-0.4, -0.2) is 0 Å². The number of halogens is 3. The van der Waals surface area contributed by atoms with Gasteiger partial charge in [0.05, 0.1) is 11.9 Å². The Morgan fingerprint density at radius 3 is 1.83 bits per heavy atom. The fourth-order valence-electron chi connectivity index (χ4n) is 0.252. The van der Waals surface area contributed by atoms with E-state index in [0.717, 1.165) is 0 Å². The predicted molar refractivity (Wildman–Crippen MR) is 59.5 cm³/mol. The minimum Gasteiger partial charge on any atom is -0.422 e. The molecule has 0 saturated carbocycles. The van der Waals surface area contributed by atoms with Crippen molar-refractivity contribution in [3.8, 4) is 0 Å². The zero-order chi connectivity index (χ0) is 9.45. The summed E-state index contributed by atoms with van der Waals surface area (Å²) in [5.74, 6) is 0. The van der Waals surface area contributed by atoms with Crippen LogP contribution in [0.15, 0.2) is 22.5 Å². The summed E-state index contributed by atoms with van der Waals surface area (Å²) in [6, 6.07) is 0. The van der Waals surface area contributed by atoms with Gasteiger partial charge in [0.2, 0.25) is 0 Å². The van der Waals surface area contributed by atoms with Crippen LogP contribution >= 0.6 is 50.4 Å². The SMILES string of the molecule is S=P(OCl)(OC=CBr)OC=CBr. The van der Waals surface area contributed by atoms with Crippen LogP contribution in [0, 0.1) is 0 Å². The molecule has 0 amide bonds. The first kappa shape index (κ1) is 12.9. The number of hydrogen-bond acceptors (Lipinski definition) is 4. The van der Waals surface area contributed by atoms with Gasteiger partial charge < -0.3 is 9.05 Å². The standard InChI is InChI=1S/C4H4Br2ClO3PS/c5-1-3-8-11(12,10-7)9-4-2-6/h1-4H. The van der Waals surface area contributed by atoms with Gasteiger partial charge >= 0.3 is 6.72 Å². The van der Waals surface area contributed by atoms with E-state index in [1.165, 1.54) is 22.5 Å². The average Bonchev–Trinajstić information content (AvgIpc) is 2.11. The summed E-state index contributed by atoms with van der Waals surface area (Å²) >= 11 is 15.8. The van der Waals surface area contributed by atoms with Gasteiger partial charge in [0.25, 0.3) is 0 Å². The van der Waals surface area contributed by atoms with E-state index in [9.17, 15) is 0 Å². The van der Waals surface area contributed by atoms with Crippen LogP contribution in [0.1, 0.15) is 0 Å². The maximum absolute atomic E-state index is 5.08. The van der Waals surface area contributed by atoms with Crippen molar-refractivity contribution in [2.24, 2.45) is 0 Å². The van der Waals surface area contributed by atoms with Crippen LogP contribution in [0.3, 0.4) is 0 Å². The monoisotopic (exact) mass is 356 g/mol. The predicted octanol–water partition coefficient (Wildman–Crippen LogP) is 4.15. The Hall–Kier alpha value is 0.940. The Balaban J connectivity index is 4.14. The van der Waals surface area contributed by atoms with Crippen molar-refractivity contribution in [2.75, 3.05) is 0 Å². The average molecular weight is 358 g/mol. The van der Waals surface area contributed by atoms with E-state index in [4.69, 9.17) is 32.7 Å². The molecule has 0 rings (SSSR count). The van der Waals surface area contributed by atoms with E-state index >= 15 is 0 Å². The van der Waals surface area contributed by atoms with Gasteiger partial charge in [-0.25, -0.2) is 0 Å². The molecule has 3 nitrogen and oxygen atoms in total. The molecule has 0 aromatic heterocycles. The Kier molecular flexibility index (Phi) is 7.93. The lowest BCUT2D eigenvalue weighted by Crippen LogP contribution is -1.84. The topological polar surface area (TPSA) is 27.7 Å². The lowest BCUT2D eigenvalue weighted by atomic mass is 11.2. The zero-order valence-corrected chi connectivity index (χ0v) is 11.2. The van der Waals surface area contributed by atoms with Gasteiger partial charge in [0.1, 0.15) is 12.5 Å². The second-order valence-electron chi connectivity index (χ2n) is 1.25. The molecule has 0 spiro atoms. The smallest absolute Gasteiger partial charge is 0.422 e. The van der Waals surface area contributed by atoms with Gasteiger partial charge in [-0.2, -0.15) is 4.08 Å². The summed E-state index contributed by atoms with van der Waals surface area (Å²) in [6.45, 7) is -2.87. The van der Waals surface area contributed by atoms with Crippen molar-refractivity contribution in [1.82, 2.24) is 0 Å². The molecule has 0 N–H and O–H groups in total. The lowest BCUT2D eigenvalue weighted by molar-refractivity contribution is 0.335. The van der Waals surface area contributed by atoms with Crippen LogP contribution in [0.5, 0.6) is 0 Å². The normalized spacial score (nSPS) is 16.6. The highest BCUT2D eigenvalue weighted by atomic mass is 79.9. The van der Waals surface area contributed by atoms with E-state index in [-0.39, 0.29) is 0 Å². The second-order valence-corrected chi connectivity index (χ2v) is 5.52. The van der Waals surface area contributed by atoms with Crippen molar-refractivity contribution in [1.29, 1.82) is 0 Å². The molecule has 70 valence electrons. The fraction of sp³-hybridized carbons (Fsp3) is 0. The Morgan fingerprint density at radius 2 is 1.58 bits per heavy atom. The molecule has 0 aliphatic carbocycles. The highest BCUT2D eigenvalue weighted by Crippen LogP contribution is 2.51. The quantitative estimate of drug-likeness (QED) is 0.545. The molecule has 0 unspecified atom stereocenters. The van der Waals surface area contributed by atoms with Gasteiger partial charge in [-0.15, -0.1) is 0 Å². The maximum Gasteiger partial charge on any atom is 0.450 e. The Morgan fingerprint density at radius 1 is 1.17 bits per heavy atom. The van der Waals surface area contributed by atoms with E-state index < -0.39 is 6.72 Å². The molecule has 0 aliphatic rings. The maximum atomic E-state index is 5.08. The van der Waals surface area contributed by atoms with Crippen molar-refractivity contribution < 1.29 is 13.1 Å². The summed E-state index contributed by atoms with van der Waals surface area (Å²) in [5, 5.41) is 0. The van der Waals surface area contributed by atoms with Crippen LogP contribution in [-0.2, 0) is 24.9 Å².